The lowest BCUT2D eigenvalue weighted by molar-refractivity contribution is -0.133. The predicted octanol–water partition coefficient (Wildman–Crippen LogP) is 5.17. The van der Waals surface area contributed by atoms with Crippen LogP contribution in [0.1, 0.15) is 4.88 Å². The van der Waals surface area contributed by atoms with E-state index in [4.69, 9.17) is 11.6 Å². The lowest BCUT2D eigenvalue weighted by atomic mass is 10.1. The van der Waals surface area contributed by atoms with Crippen LogP contribution in [0.2, 0.25) is 0 Å². The first-order chi connectivity index (χ1) is 8.88. The van der Waals surface area contributed by atoms with Gasteiger partial charge >= 0.3 is 11.6 Å². The van der Waals surface area contributed by atoms with Crippen LogP contribution in [-0.2, 0) is 6.18 Å². The fraction of sp³-hybridized carbons (Fsp3) is 0.0833. The van der Waals surface area contributed by atoms with E-state index in [0.717, 1.165) is 6.07 Å². The first kappa shape index (κ1) is 13.9. The molecule has 0 saturated carbocycles. The molecule has 1 aromatic heterocycles. The van der Waals surface area contributed by atoms with Crippen molar-refractivity contribution in [1.82, 2.24) is 0 Å². The highest BCUT2D eigenvalue weighted by atomic mass is 35.5. The van der Waals surface area contributed by atoms with Gasteiger partial charge in [-0.25, -0.2) is 4.79 Å². The van der Waals surface area contributed by atoms with E-state index in [-0.39, 0.29) is 10.6 Å². The average molecular weight is 307 g/mol. The van der Waals surface area contributed by atoms with E-state index in [1.165, 1.54) is 0 Å². The van der Waals surface area contributed by atoms with Gasteiger partial charge in [-0.2, -0.15) is 13.2 Å². The third-order valence-electron chi connectivity index (χ3n) is 2.23. The highest BCUT2D eigenvalue weighted by Crippen LogP contribution is 2.45. The standard InChI is InChI=1S/C12H6ClF3O2S/c13-11(17)18-9-6-8(7-4-2-1-3-5-7)10(19-9)12(14,15)16/h1-6H. The Bertz CT molecular complexity index is 593. The van der Waals surface area contributed by atoms with Crippen molar-refractivity contribution in [2.75, 3.05) is 0 Å². The zero-order chi connectivity index (χ0) is 14.0. The minimum atomic E-state index is -4.52. The van der Waals surface area contributed by atoms with Crippen molar-refractivity contribution in [3.63, 3.8) is 0 Å². The van der Waals surface area contributed by atoms with Crippen LogP contribution in [0.5, 0.6) is 5.06 Å². The van der Waals surface area contributed by atoms with Crippen molar-refractivity contribution in [2.45, 2.75) is 6.18 Å². The average Bonchev–Trinajstić information content (AvgIpc) is 2.73. The van der Waals surface area contributed by atoms with E-state index in [1.807, 2.05) is 0 Å². The fourth-order valence-electron chi connectivity index (χ4n) is 1.54. The molecule has 1 heterocycles. The second-order valence-electron chi connectivity index (χ2n) is 3.51. The summed E-state index contributed by atoms with van der Waals surface area (Å²) in [5.41, 5.74) is -0.816. The van der Waals surface area contributed by atoms with Crippen molar-refractivity contribution < 1.29 is 22.7 Å². The number of hydrogen-bond acceptors (Lipinski definition) is 3. The molecule has 2 aromatic rings. The summed E-state index contributed by atoms with van der Waals surface area (Å²) >= 11 is 5.34. The number of rotatable bonds is 2. The summed E-state index contributed by atoms with van der Waals surface area (Å²) in [5.74, 6) is 0. The second kappa shape index (κ2) is 5.22. The molecular weight excluding hydrogens is 301 g/mol. The van der Waals surface area contributed by atoms with Gasteiger partial charge in [0.2, 0.25) is 0 Å². The molecule has 0 atom stereocenters. The van der Waals surface area contributed by atoms with Crippen molar-refractivity contribution >= 4 is 28.4 Å². The largest absolute Gasteiger partial charge is 0.426 e. The maximum atomic E-state index is 12.9. The van der Waals surface area contributed by atoms with Gasteiger partial charge < -0.3 is 4.74 Å². The van der Waals surface area contributed by atoms with Gasteiger partial charge in [0.25, 0.3) is 0 Å². The van der Waals surface area contributed by atoms with E-state index in [0.29, 0.717) is 16.9 Å². The first-order valence-electron chi connectivity index (χ1n) is 5.01. The topological polar surface area (TPSA) is 26.3 Å². The summed E-state index contributed by atoms with van der Waals surface area (Å²) < 4.78 is 43.3. The molecule has 7 heteroatoms. The third-order valence-corrected chi connectivity index (χ3v) is 3.37. The number of carbonyl (C=O) groups is 1. The molecule has 0 bridgehead atoms. The maximum absolute atomic E-state index is 12.9. The second-order valence-corrected chi connectivity index (χ2v) is 4.84. The van der Waals surface area contributed by atoms with E-state index >= 15 is 0 Å². The van der Waals surface area contributed by atoms with Crippen molar-refractivity contribution in [2.24, 2.45) is 0 Å². The van der Waals surface area contributed by atoms with Gasteiger partial charge in [-0.15, -0.1) is 0 Å². The minimum absolute atomic E-state index is 0.0361. The number of ether oxygens (including phenoxy) is 1. The van der Waals surface area contributed by atoms with Crippen LogP contribution in [0.15, 0.2) is 36.4 Å². The van der Waals surface area contributed by atoms with Crippen LogP contribution in [-0.4, -0.2) is 5.43 Å². The summed E-state index contributed by atoms with van der Waals surface area (Å²) in [7, 11) is 0. The molecule has 0 radical (unpaired) electrons. The number of halogens is 4. The zero-order valence-corrected chi connectivity index (χ0v) is 10.8. The Hall–Kier alpha value is -1.53. The minimum Gasteiger partial charge on any atom is -0.403 e. The van der Waals surface area contributed by atoms with E-state index in [2.05, 4.69) is 4.74 Å². The normalized spacial score (nSPS) is 11.4. The molecule has 0 unspecified atom stereocenters. The molecule has 19 heavy (non-hydrogen) atoms. The molecule has 0 N–H and O–H groups in total. The van der Waals surface area contributed by atoms with Gasteiger partial charge in [0.15, 0.2) is 5.06 Å². The lowest BCUT2D eigenvalue weighted by Crippen LogP contribution is -2.03. The summed E-state index contributed by atoms with van der Waals surface area (Å²) in [4.78, 5) is 9.76. The van der Waals surface area contributed by atoms with Crippen LogP contribution in [0.25, 0.3) is 11.1 Å². The van der Waals surface area contributed by atoms with E-state index in [9.17, 15) is 18.0 Å². The summed E-state index contributed by atoms with van der Waals surface area (Å²) in [6, 6.07) is 9.19. The van der Waals surface area contributed by atoms with Crippen LogP contribution in [0.4, 0.5) is 18.0 Å². The smallest absolute Gasteiger partial charge is 0.403 e. The maximum Gasteiger partial charge on any atom is 0.426 e. The molecule has 2 nitrogen and oxygen atoms in total. The summed E-state index contributed by atoms with van der Waals surface area (Å²) in [6.45, 7) is 0. The van der Waals surface area contributed by atoms with Crippen LogP contribution in [0.3, 0.4) is 0 Å². The number of alkyl halides is 3. The molecule has 0 saturated heterocycles. The summed E-state index contributed by atoms with van der Waals surface area (Å²) in [5, 5.41) is -0.189. The highest BCUT2D eigenvalue weighted by Gasteiger charge is 2.36. The van der Waals surface area contributed by atoms with E-state index < -0.39 is 16.5 Å². The number of thiophene rings is 1. The van der Waals surface area contributed by atoms with Gasteiger partial charge in [-0.1, -0.05) is 41.7 Å². The van der Waals surface area contributed by atoms with Crippen molar-refractivity contribution in [3.05, 3.63) is 41.3 Å². The monoisotopic (exact) mass is 306 g/mol. The third kappa shape index (κ3) is 3.27. The van der Waals surface area contributed by atoms with Gasteiger partial charge in [0.1, 0.15) is 4.88 Å². The Labute approximate surface area is 115 Å². The quantitative estimate of drug-likeness (QED) is 0.715. The Kier molecular flexibility index (Phi) is 3.82. The SMILES string of the molecule is O=C(Cl)Oc1cc(-c2ccccc2)c(C(F)(F)F)s1. The van der Waals surface area contributed by atoms with Crippen molar-refractivity contribution in [3.8, 4) is 16.2 Å². The van der Waals surface area contributed by atoms with Gasteiger partial charge in [-0.05, 0) is 5.56 Å². The zero-order valence-electron chi connectivity index (χ0n) is 9.20. The van der Waals surface area contributed by atoms with Gasteiger partial charge in [0.05, 0.1) is 0 Å². The Morgan fingerprint density at radius 2 is 1.84 bits per heavy atom. The number of hydrogen-bond donors (Lipinski definition) is 0. The molecule has 0 aliphatic heterocycles. The highest BCUT2D eigenvalue weighted by molar-refractivity contribution is 7.14. The molecule has 2 rings (SSSR count). The molecule has 0 spiro atoms. The number of benzene rings is 1. The van der Waals surface area contributed by atoms with Crippen LogP contribution in [0, 0.1) is 0 Å². The fourth-order valence-corrected chi connectivity index (χ4v) is 2.57. The first-order valence-corrected chi connectivity index (χ1v) is 6.21. The summed E-state index contributed by atoms with van der Waals surface area (Å²) in [6.07, 6.45) is -4.52. The Morgan fingerprint density at radius 1 is 1.21 bits per heavy atom. The molecular formula is C12H6ClF3O2S. The lowest BCUT2D eigenvalue weighted by Gasteiger charge is -2.06. The number of carbonyl (C=O) groups excluding carboxylic acids is 1. The predicted molar refractivity (Wildman–Crippen MR) is 66.6 cm³/mol. The molecule has 0 amide bonds. The Balaban J connectivity index is 2.52. The Morgan fingerprint density at radius 3 is 2.37 bits per heavy atom. The van der Waals surface area contributed by atoms with E-state index in [1.54, 1.807) is 30.3 Å². The molecule has 1 aromatic carbocycles. The molecule has 0 aliphatic rings. The molecule has 100 valence electrons. The van der Waals surface area contributed by atoms with Gasteiger partial charge in [0, 0.05) is 23.2 Å². The molecule has 0 aliphatic carbocycles. The van der Waals surface area contributed by atoms with Crippen molar-refractivity contribution in [1.29, 1.82) is 0 Å². The van der Waals surface area contributed by atoms with Crippen LogP contribution < -0.4 is 4.74 Å². The van der Waals surface area contributed by atoms with Crippen LogP contribution >= 0.6 is 22.9 Å². The van der Waals surface area contributed by atoms with Gasteiger partial charge in [-0.3, -0.25) is 0 Å². The molecule has 0 fully saturated rings.